The van der Waals surface area contributed by atoms with Crippen molar-refractivity contribution in [2.24, 2.45) is 0 Å². The molecule has 0 bridgehead atoms. The van der Waals surface area contributed by atoms with Crippen molar-refractivity contribution in [3.05, 3.63) is 57.6 Å². The minimum absolute atomic E-state index is 0.0448. The standard InChI is InChI=1S/C23H25Cl2NO4/c24-19-3-1-4-20(25)17(19)14-29-16-6-7-18-21(13-16)30-15-23(18)8-11-26(12-9-23)10-2-5-22(27)28/h1,3-4,6-7,13H,2,5,8-12,14-15H2,(H,27,28). The van der Waals surface area contributed by atoms with E-state index in [-0.39, 0.29) is 11.8 Å². The number of halogens is 2. The van der Waals surface area contributed by atoms with Crippen molar-refractivity contribution in [1.82, 2.24) is 4.90 Å². The summed E-state index contributed by atoms with van der Waals surface area (Å²) in [4.78, 5) is 13.1. The Kier molecular flexibility index (Phi) is 6.42. The molecule has 0 aliphatic carbocycles. The second-order valence-corrected chi connectivity index (χ2v) is 8.87. The summed E-state index contributed by atoms with van der Waals surface area (Å²) in [6, 6.07) is 11.5. The molecule has 1 fully saturated rings. The Labute approximate surface area is 186 Å². The maximum Gasteiger partial charge on any atom is 0.303 e. The molecule has 1 saturated heterocycles. The molecule has 0 aromatic heterocycles. The summed E-state index contributed by atoms with van der Waals surface area (Å²) in [6.45, 7) is 3.75. The minimum Gasteiger partial charge on any atom is -0.492 e. The van der Waals surface area contributed by atoms with Gasteiger partial charge in [-0.15, -0.1) is 0 Å². The molecule has 0 saturated carbocycles. The number of hydrogen-bond acceptors (Lipinski definition) is 4. The minimum atomic E-state index is -0.726. The summed E-state index contributed by atoms with van der Waals surface area (Å²) in [5.74, 6) is 0.890. The van der Waals surface area contributed by atoms with Crippen LogP contribution in [0.25, 0.3) is 0 Å². The lowest BCUT2D eigenvalue weighted by molar-refractivity contribution is -0.137. The van der Waals surface area contributed by atoms with Gasteiger partial charge in [0.2, 0.25) is 0 Å². The highest BCUT2D eigenvalue weighted by molar-refractivity contribution is 6.35. The molecular weight excluding hydrogens is 425 g/mol. The summed E-state index contributed by atoms with van der Waals surface area (Å²) in [5, 5.41) is 10.00. The number of ether oxygens (including phenoxy) is 2. The van der Waals surface area contributed by atoms with Gasteiger partial charge in [0.05, 0.1) is 6.61 Å². The first-order valence-corrected chi connectivity index (χ1v) is 11.0. The van der Waals surface area contributed by atoms with Crippen LogP contribution in [0.15, 0.2) is 36.4 Å². The number of carboxylic acids is 1. The number of likely N-dealkylation sites (tertiary alicyclic amines) is 1. The second-order valence-electron chi connectivity index (χ2n) is 8.05. The van der Waals surface area contributed by atoms with Crippen LogP contribution >= 0.6 is 23.2 Å². The Balaban J connectivity index is 1.38. The van der Waals surface area contributed by atoms with Crippen LogP contribution in [0.2, 0.25) is 10.0 Å². The SMILES string of the molecule is O=C(O)CCCN1CCC2(CC1)COc1cc(OCc3c(Cl)cccc3Cl)ccc12. The monoisotopic (exact) mass is 449 g/mol. The third-order valence-corrected chi connectivity index (χ3v) is 6.86. The van der Waals surface area contributed by atoms with Crippen LogP contribution in [-0.2, 0) is 16.8 Å². The van der Waals surface area contributed by atoms with E-state index in [1.54, 1.807) is 12.1 Å². The van der Waals surface area contributed by atoms with Gasteiger partial charge in [-0.1, -0.05) is 35.3 Å². The molecular formula is C23H25Cl2NO4. The molecule has 1 N–H and O–H groups in total. The Morgan fingerprint density at radius 1 is 1.17 bits per heavy atom. The van der Waals surface area contributed by atoms with Crippen LogP contribution in [0.3, 0.4) is 0 Å². The number of benzene rings is 2. The van der Waals surface area contributed by atoms with Crippen molar-refractivity contribution in [2.75, 3.05) is 26.2 Å². The number of carboxylic acid groups (broad SMARTS) is 1. The Morgan fingerprint density at radius 3 is 2.60 bits per heavy atom. The average molecular weight is 450 g/mol. The molecule has 5 nitrogen and oxygen atoms in total. The predicted molar refractivity (Wildman–Crippen MR) is 117 cm³/mol. The van der Waals surface area contributed by atoms with Crippen molar-refractivity contribution in [1.29, 1.82) is 0 Å². The Hall–Kier alpha value is -1.95. The first kappa shape index (κ1) is 21.3. The zero-order valence-corrected chi connectivity index (χ0v) is 18.2. The van der Waals surface area contributed by atoms with Gasteiger partial charge in [-0.3, -0.25) is 4.79 Å². The highest BCUT2D eigenvalue weighted by Gasteiger charge is 2.43. The highest BCUT2D eigenvalue weighted by Crippen LogP contribution is 2.46. The lowest BCUT2D eigenvalue weighted by atomic mass is 9.74. The first-order valence-electron chi connectivity index (χ1n) is 10.2. The predicted octanol–water partition coefficient (Wildman–Crippen LogP) is 5.16. The van der Waals surface area contributed by atoms with E-state index < -0.39 is 5.97 Å². The van der Waals surface area contributed by atoms with Crippen LogP contribution in [0.5, 0.6) is 11.5 Å². The summed E-state index contributed by atoms with van der Waals surface area (Å²) >= 11 is 12.4. The van der Waals surface area contributed by atoms with Gasteiger partial charge in [0.25, 0.3) is 0 Å². The first-order chi connectivity index (χ1) is 14.5. The van der Waals surface area contributed by atoms with Gasteiger partial charge in [-0.05, 0) is 57.1 Å². The van der Waals surface area contributed by atoms with Gasteiger partial charge in [0, 0.05) is 39.1 Å². The number of aliphatic carboxylic acids is 1. The normalized spacial score (nSPS) is 17.5. The van der Waals surface area contributed by atoms with Gasteiger partial charge in [-0.2, -0.15) is 0 Å². The second kappa shape index (κ2) is 9.04. The third-order valence-electron chi connectivity index (χ3n) is 6.15. The molecule has 2 aromatic carbocycles. The van der Waals surface area contributed by atoms with E-state index in [1.807, 2.05) is 18.2 Å². The van der Waals surface area contributed by atoms with Crippen molar-refractivity contribution in [3.8, 4) is 11.5 Å². The maximum atomic E-state index is 10.7. The number of piperidine rings is 1. The van der Waals surface area contributed by atoms with Crippen LogP contribution in [0.4, 0.5) is 0 Å². The molecule has 160 valence electrons. The zero-order chi connectivity index (χ0) is 21.1. The number of fused-ring (bicyclic) bond motifs is 2. The Bertz CT molecular complexity index is 905. The van der Waals surface area contributed by atoms with Gasteiger partial charge < -0.3 is 19.5 Å². The molecule has 2 heterocycles. The molecule has 0 unspecified atom stereocenters. The third kappa shape index (κ3) is 4.53. The van der Waals surface area contributed by atoms with E-state index in [1.165, 1.54) is 5.56 Å². The van der Waals surface area contributed by atoms with Crippen LogP contribution < -0.4 is 9.47 Å². The van der Waals surface area contributed by atoms with Crippen LogP contribution in [-0.4, -0.2) is 42.2 Å². The molecule has 0 radical (unpaired) electrons. The van der Waals surface area contributed by atoms with E-state index in [9.17, 15) is 4.79 Å². The molecule has 2 aromatic rings. The largest absolute Gasteiger partial charge is 0.492 e. The van der Waals surface area contributed by atoms with Crippen molar-refractivity contribution in [3.63, 3.8) is 0 Å². The molecule has 0 atom stereocenters. The van der Waals surface area contributed by atoms with Gasteiger partial charge in [-0.25, -0.2) is 0 Å². The van der Waals surface area contributed by atoms with Gasteiger partial charge in [0.15, 0.2) is 0 Å². The summed E-state index contributed by atoms with van der Waals surface area (Å²) in [6.07, 6.45) is 2.96. The smallest absolute Gasteiger partial charge is 0.303 e. The quantitative estimate of drug-likeness (QED) is 0.631. The topological polar surface area (TPSA) is 59.0 Å². The fourth-order valence-corrected chi connectivity index (χ4v) is 4.85. The molecule has 30 heavy (non-hydrogen) atoms. The number of rotatable bonds is 7. The van der Waals surface area contributed by atoms with Crippen LogP contribution in [0, 0.1) is 0 Å². The lowest BCUT2D eigenvalue weighted by Gasteiger charge is -2.38. The fraction of sp³-hybridized carbons (Fsp3) is 0.435. The molecule has 2 aliphatic heterocycles. The molecule has 1 spiro atoms. The van der Waals surface area contributed by atoms with E-state index in [4.69, 9.17) is 37.8 Å². The number of carbonyl (C=O) groups is 1. The summed E-state index contributed by atoms with van der Waals surface area (Å²) in [5.41, 5.74) is 2.06. The molecule has 2 aliphatic rings. The zero-order valence-electron chi connectivity index (χ0n) is 16.7. The van der Waals surface area contributed by atoms with E-state index >= 15 is 0 Å². The molecule has 0 amide bonds. The number of nitrogens with zero attached hydrogens (tertiary/aromatic N) is 1. The van der Waals surface area contributed by atoms with E-state index in [0.717, 1.165) is 49.5 Å². The maximum absolute atomic E-state index is 10.7. The molecule has 4 rings (SSSR count). The van der Waals surface area contributed by atoms with Crippen LogP contribution in [0.1, 0.15) is 36.8 Å². The van der Waals surface area contributed by atoms with E-state index in [2.05, 4.69) is 11.0 Å². The average Bonchev–Trinajstić information content (AvgIpc) is 3.06. The van der Waals surface area contributed by atoms with Gasteiger partial charge in [0.1, 0.15) is 18.1 Å². The summed E-state index contributed by atoms with van der Waals surface area (Å²) < 4.78 is 12.0. The Morgan fingerprint density at radius 2 is 1.90 bits per heavy atom. The number of hydrogen-bond donors (Lipinski definition) is 1. The van der Waals surface area contributed by atoms with Gasteiger partial charge >= 0.3 is 5.97 Å². The van der Waals surface area contributed by atoms with Crippen molar-refractivity contribution >= 4 is 29.2 Å². The fourth-order valence-electron chi connectivity index (χ4n) is 4.34. The van der Waals surface area contributed by atoms with Crippen molar-refractivity contribution in [2.45, 2.75) is 37.7 Å². The molecule has 7 heteroatoms. The lowest BCUT2D eigenvalue weighted by Crippen LogP contribution is -2.43. The van der Waals surface area contributed by atoms with E-state index in [0.29, 0.717) is 29.7 Å². The van der Waals surface area contributed by atoms with Crippen molar-refractivity contribution < 1.29 is 19.4 Å². The summed E-state index contributed by atoms with van der Waals surface area (Å²) in [7, 11) is 0. The highest BCUT2D eigenvalue weighted by atomic mass is 35.5.